The Morgan fingerprint density at radius 3 is 2.95 bits per heavy atom. The predicted molar refractivity (Wildman–Crippen MR) is 78.4 cm³/mol. The highest BCUT2D eigenvalue weighted by molar-refractivity contribution is 9.11. The lowest BCUT2D eigenvalue weighted by Crippen LogP contribution is -2.21. The lowest BCUT2D eigenvalue weighted by molar-refractivity contribution is 0.0686. The van der Waals surface area contributed by atoms with Crippen LogP contribution in [-0.4, -0.2) is 22.6 Å². The fourth-order valence-electron chi connectivity index (χ4n) is 1.69. The van der Waals surface area contributed by atoms with Crippen LogP contribution in [0.3, 0.4) is 0 Å². The Balaban J connectivity index is 1.70. The Morgan fingerprint density at radius 1 is 1.35 bits per heavy atom. The van der Waals surface area contributed by atoms with Crippen molar-refractivity contribution in [2.75, 3.05) is 12.4 Å². The lowest BCUT2D eigenvalue weighted by atomic mass is 10.2. The van der Waals surface area contributed by atoms with E-state index < -0.39 is 0 Å². The van der Waals surface area contributed by atoms with Gasteiger partial charge in [0.2, 0.25) is 6.10 Å². The van der Waals surface area contributed by atoms with E-state index in [1.165, 1.54) is 11.8 Å². The van der Waals surface area contributed by atoms with Gasteiger partial charge in [-0.1, -0.05) is 46.4 Å². The van der Waals surface area contributed by atoms with Crippen LogP contribution in [0.25, 0.3) is 0 Å². The number of thioether (sulfide) groups is 1. The fourth-order valence-corrected chi connectivity index (χ4v) is 2.56. The standard InChI is InChI=1S/C13H11BrN2O3S/c1-8(14)7-20-13-16-15-12(19-13)11-6-17-9-4-2-3-5-10(9)18-11/h2-5,11H,1,6-7H2/t11-/m1/s1. The van der Waals surface area contributed by atoms with Crippen molar-refractivity contribution in [3.63, 3.8) is 0 Å². The highest BCUT2D eigenvalue weighted by atomic mass is 79.9. The molecule has 1 aliphatic heterocycles. The maximum absolute atomic E-state index is 5.80. The predicted octanol–water partition coefficient (Wildman–Crippen LogP) is 3.58. The van der Waals surface area contributed by atoms with Crippen molar-refractivity contribution in [1.82, 2.24) is 10.2 Å². The summed E-state index contributed by atoms with van der Waals surface area (Å²) in [6, 6.07) is 7.50. The van der Waals surface area contributed by atoms with E-state index in [0.717, 1.165) is 10.2 Å². The molecule has 20 heavy (non-hydrogen) atoms. The van der Waals surface area contributed by atoms with Crippen LogP contribution >= 0.6 is 27.7 Å². The number of nitrogens with zero attached hydrogens (tertiary/aromatic N) is 2. The van der Waals surface area contributed by atoms with Gasteiger partial charge in [0.15, 0.2) is 11.5 Å². The zero-order valence-corrected chi connectivity index (χ0v) is 12.8. The molecule has 1 atom stereocenters. The van der Waals surface area contributed by atoms with Crippen LogP contribution in [0, 0.1) is 0 Å². The fraction of sp³-hybridized carbons (Fsp3) is 0.231. The average molecular weight is 355 g/mol. The molecule has 0 bridgehead atoms. The molecule has 0 N–H and O–H groups in total. The monoisotopic (exact) mass is 354 g/mol. The van der Waals surface area contributed by atoms with Crippen LogP contribution in [0.2, 0.25) is 0 Å². The minimum absolute atomic E-state index is 0.356. The molecule has 0 radical (unpaired) electrons. The maximum atomic E-state index is 5.80. The first kappa shape index (κ1) is 13.5. The van der Waals surface area contributed by atoms with Crippen LogP contribution in [0.15, 0.2) is 45.0 Å². The number of halogens is 1. The summed E-state index contributed by atoms with van der Waals surface area (Å²) in [7, 11) is 0. The molecule has 104 valence electrons. The van der Waals surface area contributed by atoms with Gasteiger partial charge in [-0.25, -0.2) is 0 Å². The summed E-state index contributed by atoms with van der Waals surface area (Å²) in [5.41, 5.74) is 0. The molecule has 0 fully saturated rings. The number of aromatic nitrogens is 2. The highest BCUT2D eigenvalue weighted by Gasteiger charge is 2.27. The molecule has 3 rings (SSSR count). The molecule has 1 aliphatic rings. The molecular formula is C13H11BrN2O3S. The van der Waals surface area contributed by atoms with E-state index >= 15 is 0 Å². The van der Waals surface area contributed by atoms with Crippen molar-refractivity contribution >= 4 is 27.7 Å². The topological polar surface area (TPSA) is 57.4 Å². The molecule has 0 saturated carbocycles. The molecular weight excluding hydrogens is 344 g/mol. The van der Waals surface area contributed by atoms with Gasteiger partial charge in [0.1, 0.15) is 6.61 Å². The van der Waals surface area contributed by atoms with E-state index in [9.17, 15) is 0 Å². The highest BCUT2D eigenvalue weighted by Crippen LogP contribution is 2.36. The first-order valence-electron chi connectivity index (χ1n) is 5.90. The number of hydrogen-bond donors (Lipinski definition) is 0. The van der Waals surface area contributed by atoms with Gasteiger partial charge >= 0.3 is 0 Å². The molecule has 2 heterocycles. The van der Waals surface area contributed by atoms with Crippen LogP contribution in [-0.2, 0) is 0 Å². The van der Waals surface area contributed by atoms with Crippen LogP contribution in [0.5, 0.6) is 11.5 Å². The van der Waals surface area contributed by atoms with Crippen molar-refractivity contribution < 1.29 is 13.9 Å². The quantitative estimate of drug-likeness (QED) is 0.782. The van der Waals surface area contributed by atoms with Crippen LogP contribution in [0.1, 0.15) is 12.0 Å². The summed E-state index contributed by atoms with van der Waals surface area (Å²) in [5, 5.41) is 8.46. The smallest absolute Gasteiger partial charge is 0.277 e. The summed E-state index contributed by atoms with van der Waals surface area (Å²) >= 11 is 4.70. The van der Waals surface area contributed by atoms with Gasteiger partial charge in [0, 0.05) is 5.75 Å². The molecule has 1 aromatic heterocycles. The Kier molecular flexibility index (Phi) is 3.98. The second-order valence-corrected chi connectivity index (χ2v) is 6.12. The van der Waals surface area contributed by atoms with Crippen molar-refractivity contribution in [3.05, 3.63) is 41.2 Å². The summed E-state index contributed by atoms with van der Waals surface area (Å²) in [4.78, 5) is 0. The molecule has 0 amide bonds. The third kappa shape index (κ3) is 2.99. The Bertz CT molecular complexity index is 632. The van der Waals surface area contributed by atoms with Gasteiger partial charge in [0.25, 0.3) is 11.1 Å². The second-order valence-electron chi connectivity index (χ2n) is 4.08. The van der Waals surface area contributed by atoms with E-state index in [1.807, 2.05) is 24.3 Å². The summed E-state index contributed by atoms with van der Waals surface area (Å²) in [6.45, 7) is 4.11. The second kappa shape index (κ2) is 5.88. The Labute approximate surface area is 128 Å². The Hall–Kier alpha value is -1.47. The van der Waals surface area contributed by atoms with Crippen molar-refractivity contribution in [1.29, 1.82) is 0 Å². The number of fused-ring (bicyclic) bond motifs is 1. The summed E-state index contributed by atoms with van der Waals surface area (Å²) < 4.78 is 17.8. The minimum Gasteiger partial charge on any atom is -0.485 e. The number of hydrogen-bond acceptors (Lipinski definition) is 6. The van der Waals surface area contributed by atoms with Gasteiger partial charge in [-0.05, 0) is 16.6 Å². The SMILES string of the molecule is C=C(Br)CSc1nnc([C@H]2COc3ccccc3O2)o1. The van der Waals surface area contributed by atoms with Crippen LogP contribution < -0.4 is 9.47 Å². The van der Waals surface area contributed by atoms with E-state index in [1.54, 1.807) is 0 Å². The van der Waals surface area contributed by atoms with E-state index in [0.29, 0.717) is 29.2 Å². The van der Waals surface area contributed by atoms with Crippen LogP contribution in [0.4, 0.5) is 0 Å². The average Bonchev–Trinajstić information content (AvgIpc) is 2.93. The van der Waals surface area contributed by atoms with E-state index in [4.69, 9.17) is 13.9 Å². The molecule has 0 aliphatic carbocycles. The number of rotatable bonds is 4. The normalized spacial score (nSPS) is 16.9. The van der Waals surface area contributed by atoms with Gasteiger partial charge < -0.3 is 13.9 Å². The number of benzene rings is 1. The van der Waals surface area contributed by atoms with Gasteiger partial charge in [-0.3, -0.25) is 0 Å². The van der Waals surface area contributed by atoms with Crippen molar-refractivity contribution in [2.24, 2.45) is 0 Å². The maximum Gasteiger partial charge on any atom is 0.277 e. The first-order valence-corrected chi connectivity index (χ1v) is 7.68. The first-order chi connectivity index (χ1) is 9.72. The third-order valence-corrected chi connectivity index (χ3v) is 4.11. The largest absolute Gasteiger partial charge is 0.485 e. The number of ether oxygens (including phenoxy) is 2. The van der Waals surface area contributed by atoms with Gasteiger partial charge in [0.05, 0.1) is 0 Å². The Morgan fingerprint density at radius 2 is 2.15 bits per heavy atom. The van der Waals surface area contributed by atoms with E-state index in [2.05, 4.69) is 32.7 Å². The molecule has 1 aromatic carbocycles. The summed E-state index contributed by atoms with van der Waals surface area (Å²) in [5.74, 6) is 2.51. The van der Waals surface area contributed by atoms with E-state index in [-0.39, 0.29) is 6.10 Å². The zero-order chi connectivity index (χ0) is 13.9. The minimum atomic E-state index is -0.376. The van der Waals surface area contributed by atoms with Gasteiger partial charge in [-0.15, -0.1) is 10.2 Å². The number of para-hydroxylation sites is 2. The molecule has 0 saturated heterocycles. The zero-order valence-electron chi connectivity index (χ0n) is 10.4. The molecule has 0 spiro atoms. The molecule has 2 aromatic rings. The molecule has 7 heteroatoms. The van der Waals surface area contributed by atoms with Crippen molar-refractivity contribution in [3.8, 4) is 11.5 Å². The third-order valence-electron chi connectivity index (χ3n) is 2.56. The molecule has 5 nitrogen and oxygen atoms in total. The molecule has 0 unspecified atom stereocenters. The van der Waals surface area contributed by atoms with Crippen molar-refractivity contribution in [2.45, 2.75) is 11.3 Å². The summed E-state index contributed by atoms with van der Waals surface area (Å²) in [6.07, 6.45) is -0.376. The van der Waals surface area contributed by atoms with Gasteiger partial charge in [-0.2, -0.15) is 0 Å². The lowest BCUT2D eigenvalue weighted by Gasteiger charge is -2.23.